The maximum absolute atomic E-state index is 5.95. The zero-order valence-electron chi connectivity index (χ0n) is 10.1. The minimum atomic E-state index is 0.556. The molecule has 1 aromatic heterocycles. The Morgan fingerprint density at radius 2 is 1.84 bits per heavy atom. The number of aromatic nitrogens is 4. The molecule has 4 nitrogen and oxygen atoms in total. The number of benzene rings is 2. The number of hydrogen-bond donors (Lipinski definition) is 0. The van der Waals surface area contributed by atoms with Crippen LogP contribution in [0.1, 0.15) is 5.56 Å². The molecule has 0 unspecified atom stereocenters. The molecular formula is C14H11ClN4. The molecule has 0 radical (unpaired) electrons. The molecule has 0 spiro atoms. The van der Waals surface area contributed by atoms with E-state index >= 15 is 0 Å². The second kappa shape index (κ2) is 5.20. The minimum absolute atomic E-state index is 0.556. The molecule has 94 valence electrons. The number of nitrogens with zero attached hydrogens (tertiary/aromatic N) is 4. The fraction of sp³-hybridized carbons (Fsp3) is 0.0714. The third-order valence-corrected chi connectivity index (χ3v) is 2.93. The lowest BCUT2D eigenvalue weighted by Gasteiger charge is -1.99. The Balaban J connectivity index is 1.82. The fourth-order valence-electron chi connectivity index (χ4n) is 1.81. The highest BCUT2D eigenvalue weighted by Gasteiger charge is 2.05. The van der Waals surface area contributed by atoms with Gasteiger partial charge in [0.15, 0.2) is 0 Å². The second-order valence-corrected chi connectivity index (χ2v) is 4.58. The van der Waals surface area contributed by atoms with Gasteiger partial charge in [-0.05, 0) is 22.9 Å². The van der Waals surface area contributed by atoms with Crippen LogP contribution < -0.4 is 0 Å². The van der Waals surface area contributed by atoms with E-state index in [1.807, 2.05) is 54.6 Å². The molecular weight excluding hydrogens is 260 g/mol. The van der Waals surface area contributed by atoms with Gasteiger partial charge in [-0.3, -0.25) is 0 Å². The highest BCUT2D eigenvalue weighted by molar-refractivity contribution is 6.30. The maximum atomic E-state index is 5.95. The lowest BCUT2D eigenvalue weighted by atomic mass is 10.2. The molecule has 5 heteroatoms. The fourth-order valence-corrected chi connectivity index (χ4v) is 2.02. The Morgan fingerprint density at radius 3 is 2.63 bits per heavy atom. The monoisotopic (exact) mass is 270 g/mol. The Labute approximate surface area is 115 Å². The average molecular weight is 271 g/mol. The van der Waals surface area contributed by atoms with Crippen molar-refractivity contribution in [2.45, 2.75) is 6.54 Å². The minimum Gasteiger partial charge on any atom is -0.159 e. The first kappa shape index (κ1) is 11.9. The number of rotatable bonds is 3. The number of halogens is 1. The molecule has 0 aliphatic carbocycles. The predicted molar refractivity (Wildman–Crippen MR) is 73.8 cm³/mol. The summed E-state index contributed by atoms with van der Waals surface area (Å²) in [5.74, 6) is 0.627. The highest BCUT2D eigenvalue weighted by atomic mass is 35.5. The average Bonchev–Trinajstić information content (AvgIpc) is 2.88. The van der Waals surface area contributed by atoms with Gasteiger partial charge in [0.1, 0.15) is 0 Å². The van der Waals surface area contributed by atoms with E-state index in [-0.39, 0.29) is 0 Å². The van der Waals surface area contributed by atoms with Crippen LogP contribution in [0.5, 0.6) is 0 Å². The molecule has 0 saturated carbocycles. The first-order chi connectivity index (χ1) is 9.31. The largest absolute Gasteiger partial charge is 0.204 e. The summed E-state index contributed by atoms with van der Waals surface area (Å²) < 4.78 is 0. The number of hydrogen-bond acceptors (Lipinski definition) is 3. The van der Waals surface area contributed by atoms with Crippen molar-refractivity contribution in [2.75, 3.05) is 0 Å². The van der Waals surface area contributed by atoms with Gasteiger partial charge in [-0.2, -0.15) is 4.80 Å². The Hall–Kier alpha value is -2.20. The topological polar surface area (TPSA) is 43.6 Å². The molecule has 0 amide bonds. The molecule has 0 atom stereocenters. The SMILES string of the molecule is Clc1cccc(Cn2nnc(-c3ccccc3)n2)c1. The van der Waals surface area contributed by atoms with Crippen LogP contribution >= 0.6 is 11.6 Å². The predicted octanol–water partition coefficient (Wildman–Crippen LogP) is 3.04. The van der Waals surface area contributed by atoms with Gasteiger partial charge in [-0.1, -0.05) is 54.1 Å². The molecule has 1 heterocycles. The van der Waals surface area contributed by atoms with E-state index in [2.05, 4.69) is 15.4 Å². The smallest absolute Gasteiger partial charge is 0.159 e. The Morgan fingerprint density at radius 1 is 1.00 bits per heavy atom. The summed E-state index contributed by atoms with van der Waals surface area (Å²) in [5, 5.41) is 13.2. The Bertz CT molecular complexity index is 679. The summed E-state index contributed by atoms with van der Waals surface area (Å²) in [4.78, 5) is 1.56. The van der Waals surface area contributed by atoms with Gasteiger partial charge in [0.2, 0.25) is 5.82 Å². The lowest BCUT2D eigenvalue weighted by molar-refractivity contribution is 0.573. The number of tetrazole rings is 1. The van der Waals surface area contributed by atoms with E-state index in [0.29, 0.717) is 17.4 Å². The van der Waals surface area contributed by atoms with Gasteiger partial charge in [0.05, 0.1) is 6.54 Å². The van der Waals surface area contributed by atoms with Crippen LogP contribution in [-0.4, -0.2) is 20.2 Å². The van der Waals surface area contributed by atoms with E-state index in [9.17, 15) is 0 Å². The van der Waals surface area contributed by atoms with E-state index in [0.717, 1.165) is 11.1 Å². The molecule has 2 aromatic carbocycles. The van der Waals surface area contributed by atoms with Gasteiger partial charge in [-0.15, -0.1) is 10.2 Å². The first-order valence-corrected chi connectivity index (χ1v) is 6.27. The summed E-state index contributed by atoms with van der Waals surface area (Å²) >= 11 is 5.95. The van der Waals surface area contributed by atoms with Gasteiger partial charge < -0.3 is 0 Å². The van der Waals surface area contributed by atoms with Crippen molar-refractivity contribution in [3.63, 3.8) is 0 Å². The molecule has 0 fully saturated rings. The van der Waals surface area contributed by atoms with E-state index in [1.165, 1.54) is 0 Å². The third kappa shape index (κ3) is 2.80. The zero-order chi connectivity index (χ0) is 13.1. The van der Waals surface area contributed by atoms with E-state index in [1.54, 1.807) is 4.80 Å². The molecule has 0 aliphatic heterocycles. The van der Waals surface area contributed by atoms with E-state index in [4.69, 9.17) is 11.6 Å². The highest BCUT2D eigenvalue weighted by Crippen LogP contribution is 2.14. The van der Waals surface area contributed by atoms with Crippen molar-refractivity contribution < 1.29 is 0 Å². The van der Waals surface area contributed by atoms with Crippen LogP contribution in [0.25, 0.3) is 11.4 Å². The van der Waals surface area contributed by atoms with Gasteiger partial charge >= 0.3 is 0 Å². The van der Waals surface area contributed by atoms with Crippen molar-refractivity contribution in [3.05, 3.63) is 65.2 Å². The lowest BCUT2D eigenvalue weighted by Crippen LogP contribution is -2.03. The van der Waals surface area contributed by atoms with Crippen molar-refractivity contribution in [2.24, 2.45) is 0 Å². The van der Waals surface area contributed by atoms with Crippen LogP contribution in [0.3, 0.4) is 0 Å². The molecule has 3 aromatic rings. The van der Waals surface area contributed by atoms with Crippen molar-refractivity contribution in [1.82, 2.24) is 20.2 Å². The molecule has 0 bridgehead atoms. The van der Waals surface area contributed by atoms with Gasteiger partial charge in [-0.25, -0.2) is 0 Å². The second-order valence-electron chi connectivity index (χ2n) is 4.14. The van der Waals surface area contributed by atoms with Crippen molar-refractivity contribution in [3.8, 4) is 11.4 Å². The molecule has 19 heavy (non-hydrogen) atoms. The summed E-state index contributed by atoms with van der Waals surface area (Å²) in [5.41, 5.74) is 2.00. The molecule has 0 N–H and O–H groups in total. The standard InChI is InChI=1S/C14H11ClN4/c15-13-8-4-5-11(9-13)10-19-17-14(16-18-19)12-6-2-1-3-7-12/h1-9H,10H2. The van der Waals surface area contributed by atoms with E-state index < -0.39 is 0 Å². The van der Waals surface area contributed by atoms with Crippen LogP contribution in [0.2, 0.25) is 5.02 Å². The van der Waals surface area contributed by atoms with Gasteiger partial charge in [0, 0.05) is 10.6 Å². The maximum Gasteiger partial charge on any atom is 0.204 e. The first-order valence-electron chi connectivity index (χ1n) is 5.89. The molecule has 0 saturated heterocycles. The summed E-state index contributed by atoms with van der Waals surface area (Å²) in [7, 11) is 0. The zero-order valence-corrected chi connectivity index (χ0v) is 10.8. The Kier molecular flexibility index (Phi) is 3.25. The van der Waals surface area contributed by atoms with Crippen LogP contribution in [0.15, 0.2) is 54.6 Å². The van der Waals surface area contributed by atoms with Crippen LogP contribution in [0.4, 0.5) is 0 Å². The summed E-state index contributed by atoms with van der Waals surface area (Å²) in [6.45, 7) is 0.556. The normalized spacial score (nSPS) is 10.6. The van der Waals surface area contributed by atoms with Crippen molar-refractivity contribution in [1.29, 1.82) is 0 Å². The van der Waals surface area contributed by atoms with Crippen molar-refractivity contribution >= 4 is 11.6 Å². The molecule has 3 rings (SSSR count). The van der Waals surface area contributed by atoms with Crippen LogP contribution in [0, 0.1) is 0 Å². The summed E-state index contributed by atoms with van der Waals surface area (Å²) in [6, 6.07) is 17.4. The quantitative estimate of drug-likeness (QED) is 0.735. The summed E-state index contributed by atoms with van der Waals surface area (Å²) in [6.07, 6.45) is 0. The van der Waals surface area contributed by atoms with Crippen LogP contribution in [-0.2, 0) is 6.54 Å². The molecule has 0 aliphatic rings. The van der Waals surface area contributed by atoms with Gasteiger partial charge in [0.25, 0.3) is 0 Å². The third-order valence-electron chi connectivity index (χ3n) is 2.70.